The Morgan fingerprint density at radius 2 is 2.20 bits per heavy atom. The standard InChI is InChI=1S/C13H13N3O3S/c1-19-12-7-10(9-5-3-4-6-14-9)16-11(8-15-17)13(12)20(2)18/h3-8,17H,1-2H3/b15-8-/t20-/m1/s1. The molecule has 0 radical (unpaired) electrons. The van der Waals surface area contributed by atoms with Gasteiger partial charge in [-0.15, -0.1) is 0 Å². The zero-order valence-corrected chi connectivity index (χ0v) is 11.8. The fourth-order valence-corrected chi connectivity index (χ4v) is 2.58. The maximum absolute atomic E-state index is 11.8. The summed E-state index contributed by atoms with van der Waals surface area (Å²) in [5, 5.41) is 11.7. The highest BCUT2D eigenvalue weighted by Crippen LogP contribution is 2.28. The summed E-state index contributed by atoms with van der Waals surface area (Å²) in [6.45, 7) is 0. The quantitative estimate of drug-likeness (QED) is 0.526. The van der Waals surface area contributed by atoms with Gasteiger partial charge in [-0.05, 0) is 12.1 Å². The molecule has 0 aromatic carbocycles. The summed E-state index contributed by atoms with van der Waals surface area (Å²) in [6.07, 6.45) is 4.29. The molecule has 2 aromatic rings. The Hall–Kier alpha value is -2.28. The van der Waals surface area contributed by atoms with Crippen molar-refractivity contribution in [3.05, 3.63) is 36.2 Å². The van der Waals surface area contributed by atoms with E-state index in [1.807, 2.05) is 6.07 Å². The van der Waals surface area contributed by atoms with Crippen LogP contribution >= 0.6 is 0 Å². The molecular weight excluding hydrogens is 278 g/mol. The summed E-state index contributed by atoms with van der Waals surface area (Å²) in [6, 6.07) is 7.09. The van der Waals surface area contributed by atoms with Crippen molar-refractivity contribution < 1.29 is 14.2 Å². The van der Waals surface area contributed by atoms with Crippen molar-refractivity contribution in [1.82, 2.24) is 9.97 Å². The van der Waals surface area contributed by atoms with Crippen LogP contribution in [0.1, 0.15) is 5.69 Å². The number of aromatic nitrogens is 2. The van der Waals surface area contributed by atoms with Gasteiger partial charge in [-0.3, -0.25) is 9.19 Å². The second-order valence-corrected chi connectivity index (χ2v) is 5.15. The van der Waals surface area contributed by atoms with Crippen LogP contribution in [0.2, 0.25) is 0 Å². The van der Waals surface area contributed by atoms with Crippen LogP contribution < -0.4 is 4.74 Å². The molecule has 104 valence electrons. The number of ether oxygens (including phenoxy) is 1. The zero-order valence-electron chi connectivity index (χ0n) is 11.0. The predicted molar refractivity (Wildman–Crippen MR) is 75.7 cm³/mol. The Kier molecular flexibility index (Phi) is 4.41. The molecular formula is C13H13N3O3S. The highest BCUT2D eigenvalue weighted by atomic mass is 32.2. The fourth-order valence-electron chi connectivity index (χ4n) is 1.76. The molecule has 0 spiro atoms. The molecule has 7 heteroatoms. The summed E-state index contributed by atoms with van der Waals surface area (Å²) >= 11 is 0. The van der Waals surface area contributed by atoms with Crippen LogP contribution in [0.15, 0.2) is 40.5 Å². The molecule has 2 aromatic heterocycles. The van der Waals surface area contributed by atoms with Crippen molar-refractivity contribution >= 4 is 17.0 Å². The van der Waals surface area contributed by atoms with E-state index in [-0.39, 0.29) is 5.69 Å². The molecule has 0 fully saturated rings. The van der Waals surface area contributed by atoms with Gasteiger partial charge in [0, 0.05) is 18.5 Å². The third-order valence-electron chi connectivity index (χ3n) is 2.58. The van der Waals surface area contributed by atoms with Crippen LogP contribution in [-0.4, -0.2) is 39.0 Å². The normalized spacial score (nSPS) is 12.5. The predicted octanol–water partition coefficient (Wildman–Crippen LogP) is 1.70. The lowest BCUT2D eigenvalue weighted by atomic mass is 10.2. The molecule has 0 unspecified atom stereocenters. The number of oxime groups is 1. The molecule has 2 heterocycles. The summed E-state index contributed by atoms with van der Waals surface area (Å²) in [5.41, 5.74) is 1.48. The Labute approximate surface area is 118 Å². The molecule has 0 saturated heterocycles. The minimum absolute atomic E-state index is 0.285. The summed E-state index contributed by atoms with van der Waals surface area (Å²) < 4.78 is 17.1. The van der Waals surface area contributed by atoms with Crippen molar-refractivity contribution in [1.29, 1.82) is 0 Å². The average Bonchev–Trinajstić information content (AvgIpc) is 2.47. The number of hydrogen-bond acceptors (Lipinski definition) is 6. The van der Waals surface area contributed by atoms with Gasteiger partial charge in [-0.2, -0.15) is 0 Å². The topological polar surface area (TPSA) is 84.7 Å². The van der Waals surface area contributed by atoms with Crippen LogP contribution in [-0.2, 0) is 10.8 Å². The monoisotopic (exact) mass is 291 g/mol. The Morgan fingerprint density at radius 1 is 1.40 bits per heavy atom. The molecule has 1 N–H and O–H groups in total. The number of nitrogens with zero attached hydrogens (tertiary/aromatic N) is 3. The van der Waals surface area contributed by atoms with E-state index >= 15 is 0 Å². The summed E-state index contributed by atoms with van der Waals surface area (Å²) in [7, 11) is 0.152. The second kappa shape index (κ2) is 6.25. The van der Waals surface area contributed by atoms with E-state index in [4.69, 9.17) is 9.94 Å². The lowest BCUT2D eigenvalue weighted by Crippen LogP contribution is -2.04. The number of pyridine rings is 2. The number of rotatable bonds is 4. The summed E-state index contributed by atoms with van der Waals surface area (Å²) in [5.74, 6) is 0.413. The first-order valence-corrected chi connectivity index (χ1v) is 7.24. The average molecular weight is 291 g/mol. The van der Waals surface area contributed by atoms with Gasteiger partial charge in [-0.1, -0.05) is 11.2 Å². The van der Waals surface area contributed by atoms with Gasteiger partial charge in [-0.25, -0.2) is 4.98 Å². The van der Waals surface area contributed by atoms with Crippen molar-refractivity contribution in [3.8, 4) is 17.1 Å². The van der Waals surface area contributed by atoms with Gasteiger partial charge in [0.2, 0.25) is 0 Å². The Bertz CT molecular complexity index is 659. The van der Waals surface area contributed by atoms with Crippen LogP contribution in [0.4, 0.5) is 0 Å². The first-order valence-electron chi connectivity index (χ1n) is 5.68. The smallest absolute Gasteiger partial charge is 0.139 e. The van der Waals surface area contributed by atoms with E-state index in [2.05, 4.69) is 15.1 Å². The van der Waals surface area contributed by atoms with E-state index < -0.39 is 10.8 Å². The minimum Gasteiger partial charge on any atom is -0.495 e. The Balaban J connectivity index is 2.68. The fraction of sp³-hybridized carbons (Fsp3) is 0.154. The first kappa shape index (κ1) is 14.1. The van der Waals surface area contributed by atoms with E-state index in [1.54, 1.807) is 24.4 Å². The molecule has 0 aliphatic carbocycles. The van der Waals surface area contributed by atoms with Crippen LogP contribution in [0.3, 0.4) is 0 Å². The lowest BCUT2D eigenvalue weighted by molar-refractivity contribution is 0.321. The van der Waals surface area contributed by atoms with Gasteiger partial charge in [0.25, 0.3) is 0 Å². The van der Waals surface area contributed by atoms with E-state index in [1.165, 1.54) is 13.4 Å². The van der Waals surface area contributed by atoms with E-state index in [0.29, 0.717) is 22.0 Å². The molecule has 0 aliphatic heterocycles. The highest BCUT2D eigenvalue weighted by Gasteiger charge is 2.16. The SMILES string of the molecule is COc1cc(-c2ccccn2)nc(/C=N\O)c1[S@@](C)=O. The Morgan fingerprint density at radius 3 is 2.75 bits per heavy atom. The largest absolute Gasteiger partial charge is 0.495 e. The van der Waals surface area contributed by atoms with Gasteiger partial charge >= 0.3 is 0 Å². The van der Waals surface area contributed by atoms with E-state index in [0.717, 1.165) is 6.21 Å². The van der Waals surface area contributed by atoms with Gasteiger partial charge in [0.1, 0.15) is 16.3 Å². The van der Waals surface area contributed by atoms with Crippen LogP contribution in [0.5, 0.6) is 5.75 Å². The molecule has 2 rings (SSSR count). The van der Waals surface area contributed by atoms with Gasteiger partial charge in [0.15, 0.2) is 0 Å². The van der Waals surface area contributed by atoms with E-state index in [9.17, 15) is 4.21 Å². The lowest BCUT2D eigenvalue weighted by Gasteiger charge is -2.11. The molecule has 1 atom stereocenters. The van der Waals surface area contributed by atoms with Crippen LogP contribution in [0, 0.1) is 0 Å². The van der Waals surface area contributed by atoms with Crippen molar-refractivity contribution in [2.24, 2.45) is 5.16 Å². The molecule has 20 heavy (non-hydrogen) atoms. The maximum Gasteiger partial charge on any atom is 0.139 e. The van der Waals surface area contributed by atoms with Crippen LogP contribution in [0.25, 0.3) is 11.4 Å². The minimum atomic E-state index is -1.33. The van der Waals surface area contributed by atoms with Crippen molar-refractivity contribution in [2.75, 3.05) is 13.4 Å². The second-order valence-electron chi connectivity index (χ2n) is 3.84. The number of methoxy groups -OCH3 is 1. The molecule has 0 aliphatic rings. The third-order valence-corrected chi connectivity index (χ3v) is 3.57. The van der Waals surface area contributed by atoms with Crippen molar-refractivity contribution in [3.63, 3.8) is 0 Å². The summed E-state index contributed by atoms with van der Waals surface area (Å²) in [4.78, 5) is 8.90. The molecule has 0 amide bonds. The highest BCUT2D eigenvalue weighted by molar-refractivity contribution is 7.84. The maximum atomic E-state index is 11.8. The van der Waals surface area contributed by atoms with Gasteiger partial charge < -0.3 is 9.94 Å². The zero-order chi connectivity index (χ0) is 14.5. The van der Waals surface area contributed by atoms with Crippen molar-refractivity contribution in [2.45, 2.75) is 4.90 Å². The third kappa shape index (κ3) is 2.83. The van der Waals surface area contributed by atoms with Gasteiger partial charge in [0.05, 0.1) is 35.5 Å². The molecule has 0 saturated carbocycles. The first-order chi connectivity index (χ1) is 9.67. The molecule has 0 bridgehead atoms. The number of hydrogen-bond donors (Lipinski definition) is 1. The molecule has 6 nitrogen and oxygen atoms in total.